The summed E-state index contributed by atoms with van der Waals surface area (Å²) >= 11 is 0. The highest BCUT2D eigenvalue weighted by Crippen LogP contribution is 2.22. The maximum Gasteiger partial charge on any atom is 0.223 e. The number of methoxy groups -OCH3 is 1. The van der Waals surface area contributed by atoms with E-state index in [1.54, 1.807) is 0 Å². The second-order valence-electron chi connectivity index (χ2n) is 6.33. The van der Waals surface area contributed by atoms with Gasteiger partial charge in [0.2, 0.25) is 15.9 Å². The highest BCUT2D eigenvalue weighted by Gasteiger charge is 2.31. The molecular formula is C15H28N2O4S. The molecule has 0 aromatic carbocycles. The van der Waals surface area contributed by atoms with E-state index in [2.05, 4.69) is 5.32 Å². The molecule has 6 nitrogen and oxygen atoms in total. The minimum atomic E-state index is -3.25. The van der Waals surface area contributed by atoms with Crippen molar-refractivity contribution in [3.05, 3.63) is 0 Å². The van der Waals surface area contributed by atoms with E-state index in [-0.39, 0.29) is 24.2 Å². The lowest BCUT2D eigenvalue weighted by atomic mass is 9.93. The zero-order valence-corrected chi connectivity index (χ0v) is 14.2. The smallest absolute Gasteiger partial charge is 0.223 e. The molecule has 1 saturated carbocycles. The fourth-order valence-corrected chi connectivity index (χ4v) is 4.68. The molecule has 2 fully saturated rings. The monoisotopic (exact) mass is 332 g/mol. The third-order valence-electron chi connectivity index (χ3n) is 4.72. The first kappa shape index (κ1) is 17.7. The van der Waals surface area contributed by atoms with Gasteiger partial charge in [-0.1, -0.05) is 19.3 Å². The molecule has 128 valence electrons. The van der Waals surface area contributed by atoms with Crippen LogP contribution >= 0.6 is 0 Å². The van der Waals surface area contributed by atoms with Crippen LogP contribution in [-0.4, -0.2) is 57.2 Å². The first-order valence-corrected chi connectivity index (χ1v) is 9.91. The van der Waals surface area contributed by atoms with Crippen LogP contribution in [0.2, 0.25) is 0 Å². The minimum absolute atomic E-state index is 0.0163. The van der Waals surface area contributed by atoms with Crippen LogP contribution in [0.3, 0.4) is 0 Å². The molecule has 0 atom stereocenters. The number of piperidine rings is 1. The number of carbonyl (C=O) groups is 1. The Kier molecular flexibility index (Phi) is 6.65. The van der Waals surface area contributed by atoms with Crippen LogP contribution < -0.4 is 5.32 Å². The molecule has 1 aliphatic heterocycles. The van der Waals surface area contributed by atoms with Crippen molar-refractivity contribution in [3.8, 4) is 0 Å². The minimum Gasteiger partial charge on any atom is -0.384 e. The number of carbonyl (C=O) groups excluding carboxylic acids is 1. The molecule has 1 aliphatic carbocycles. The van der Waals surface area contributed by atoms with E-state index in [1.165, 1.54) is 30.7 Å². The average molecular weight is 332 g/mol. The third kappa shape index (κ3) is 4.93. The van der Waals surface area contributed by atoms with E-state index in [4.69, 9.17) is 4.74 Å². The van der Waals surface area contributed by atoms with Gasteiger partial charge in [0.25, 0.3) is 0 Å². The fourth-order valence-electron chi connectivity index (χ4n) is 3.28. The summed E-state index contributed by atoms with van der Waals surface area (Å²) in [5, 5.41) is 3.15. The molecule has 7 heteroatoms. The molecule has 1 amide bonds. The first-order valence-electron chi connectivity index (χ1n) is 8.30. The van der Waals surface area contributed by atoms with Crippen LogP contribution in [0.5, 0.6) is 0 Å². The van der Waals surface area contributed by atoms with Gasteiger partial charge in [0, 0.05) is 32.2 Å². The van der Waals surface area contributed by atoms with Crippen LogP contribution in [0.25, 0.3) is 0 Å². The number of rotatable bonds is 6. The highest BCUT2D eigenvalue weighted by atomic mass is 32.2. The van der Waals surface area contributed by atoms with Crippen molar-refractivity contribution in [3.63, 3.8) is 0 Å². The number of nitrogens with one attached hydrogen (secondary N) is 1. The van der Waals surface area contributed by atoms with Crippen LogP contribution in [0.1, 0.15) is 44.9 Å². The Hall–Kier alpha value is -0.660. The van der Waals surface area contributed by atoms with E-state index in [0.29, 0.717) is 32.0 Å². The van der Waals surface area contributed by atoms with Gasteiger partial charge in [0.15, 0.2) is 0 Å². The lowest BCUT2D eigenvalue weighted by molar-refractivity contribution is -0.127. The SMILES string of the molecule is COCCS(=O)(=O)N1CCC(C(=O)NC2CCCCC2)CC1. The van der Waals surface area contributed by atoms with Crippen LogP contribution in [0.4, 0.5) is 0 Å². The van der Waals surface area contributed by atoms with Gasteiger partial charge in [-0.05, 0) is 25.7 Å². The predicted molar refractivity (Wildman–Crippen MR) is 85.0 cm³/mol. The maximum atomic E-state index is 12.3. The molecular weight excluding hydrogens is 304 g/mol. The van der Waals surface area contributed by atoms with E-state index in [9.17, 15) is 13.2 Å². The quantitative estimate of drug-likeness (QED) is 0.791. The number of amides is 1. The lowest BCUT2D eigenvalue weighted by Crippen LogP contribution is -2.46. The van der Waals surface area contributed by atoms with Crippen molar-refractivity contribution >= 4 is 15.9 Å². The summed E-state index contributed by atoms with van der Waals surface area (Å²) < 4.78 is 30.5. The molecule has 0 bridgehead atoms. The normalized spacial score (nSPS) is 22.6. The van der Waals surface area contributed by atoms with Gasteiger partial charge < -0.3 is 10.1 Å². The number of hydrogen-bond acceptors (Lipinski definition) is 4. The van der Waals surface area contributed by atoms with Gasteiger partial charge in [0.1, 0.15) is 0 Å². The van der Waals surface area contributed by atoms with E-state index >= 15 is 0 Å². The average Bonchev–Trinajstić information content (AvgIpc) is 2.54. The Labute approximate surface area is 133 Å². The molecule has 0 spiro atoms. The van der Waals surface area contributed by atoms with Crippen molar-refractivity contribution in [1.82, 2.24) is 9.62 Å². The largest absolute Gasteiger partial charge is 0.384 e. The number of hydrogen-bond donors (Lipinski definition) is 1. The van der Waals surface area contributed by atoms with Crippen molar-refractivity contribution in [1.29, 1.82) is 0 Å². The highest BCUT2D eigenvalue weighted by molar-refractivity contribution is 7.89. The number of nitrogens with zero attached hydrogens (tertiary/aromatic N) is 1. The number of sulfonamides is 1. The second-order valence-corrected chi connectivity index (χ2v) is 8.41. The Bertz CT molecular complexity index is 452. The zero-order chi connectivity index (χ0) is 16.0. The Morgan fingerprint density at radius 3 is 2.36 bits per heavy atom. The second kappa shape index (κ2) is 8.26. The fraction of sp³-hybridized carbons (Fsp3) is 0.933. The number of ether oxygens (including phenoxy) is 1. The molecule has 22 heavy (non-hydrogen) atoms. The topological polar surface area (TPSA) is 75.7 Å². The lowest BCUT2D eigenvalue weighted by Gasteiger charge is -2.32. The molecule has 2 aliphatic rings. The van der Waals surface area contributed by atoms with E-state index < -0.39 is 10.0 Å². The van der Waals surface area contributed by atoms with Crippen molar-refractivity contribution in [2.24, 2.45) is 5.92 Å². The Morgan fingerprint density at radius 1 is 1.14 bits per heavy atom. The van der Waals surface area contributed by atoms with Crippen molar-refractivity contribution in [2.75, 3.05) is 32.6 Å². The van der Waals surface area contributed by atoms with Crippen LogP contribution in [-0.2, 0) is 19.6 Å². The summed E-state index contributed by atoms with van der Waals surface area (Å²) in [6.07, 6.45) is 7.05. The van der Waals surface area contributed by atoms with Gasteiger partial charge in [-0.2, -0.15) is 0 Å². The molecule has 0 aromatic rings. The summed E-state index contributed by atoms with van der Waals surface area (Å²) in [5.41, 5.74) is 0. The summed E-state index contributed by atoms with van der Waals surface area (Å²) in [6.45, 7) is 1.09. The molecule has 0 unspecified atom stereocenters. The zero-order valence-electron chi connectivity index (χ0n) is 13.4. The Balaban J connectivity index is 1.77. The standard InChI is InChI=1S/C15H28N2O4S/c1-21-11-12-22(19,20)17-9-7-13(8-10-17)15(18)16-14-5-3-2-4-6-14/h13-14H,2-12H2,1H3,(H,16,18). The van der Waals surface area contributed by atoms with Gasteiger partial charge in [-0.15, -0.1) is 0 Å². The van der Waals surface area contributed by atoms with E-state index in [0.717, 1.165) is 12.8 Å². The molecule has 1 N–H and O–H groups in total. The van der Waals surface area contributed by atoms with Gasteiger partial charge in [-0.25, -0.2) is 12.7 Å². The predicted octanol–water partition coefficient (Wildman–Crippen LogP) is 1.12. The molecule has 1 saturated heterocycles. The van der Waals surface area contributed by atoms with Gasteiger partial charge in [-0.3, -0.25) is 4.79 Å². The summed E-state index contributed by atoms with van der Waals surface area (Å²) in [7, 11) is -1.75. The summed E-state index contributed by atoms with van der Waals surface area (Å²) in [5.74, 6) is 0.0826. The molecule has 2 rings (SSSR count). The summed E-state index contributed by atoms with van der Waals surface area (Å²) in [4.78, 5) is 12.3. The molecule has 0 radical (unpaired) electrons. The van der Waals surface area contributed by atoms with Crippen LogP contribution in [0, 0.1) is 5.92 Å². The Morgan fingerprint density at radius 2 is 1.77 bits per heavy atom. The molecule has 0 aromatic heterocycles. The van der Waals surface area contributed by atoms with Gasteiger partial charge >= 0.3 is 0 Å². The van der Waals surface area contributed by atoms with E-state index in [1.807, 2.05) is 0 Å². The summed E-state index contributed by atoms with van der Waals surface area (Å²) in [6, 6.07) is 0.324. The maximum absolute atomic E-state index is 12.3. The third-order valence-corrected chi connectivity index (χ3v) is 6.55. The van der Waals surface area contributed by atoms with Crippen molar-refractivity contribution < 1.29 is 17.9 Å². The van der Waals surface area contributed by atoms with Gasteiger partial charge in [0.05, 0.1) is 12.4 Å². The molecule has 1 heterocycles. The first-order chi connectivity index (χ1) is 10.5. The van der Waals surface area contributed by atoms with Crippen molar-refractivity contribution in [2.45, 2.75) is 51.0 Å². The van der Waals surface area contributed by atoms with Crippen LogP contribution in [0.15, 0.2) is 0 Å².